The number of hydrogen-bond donors (Lipinski definition) is 0. The normalized spacial score (nSPS) is 11.3. The van der Waals surface area contributed by atoms with Crippen LogP contribution in [0.15, 0.2) is 65.3 Å². The van der Waals surface area contributed by atoms with Gasteiger partial charge in [0.1, 0.15) is 17.2 Å². The first-order valence-corrected chi connectivity index (χ1v) is 8.43. The molecule has 0 unspecified atom stereocenters. The maximum atomic E-state index is 5.78. The summed E-state index contributed by atoms with van der Waals surface area (Å²) in [4.78, 5) is 12.6. The maximum absolute atomic E-state index is 5.78. The molecule has 0 atom stereocenters. The fourth-order valence-electron chi connectivity index (χ4n) is 2.53. The zero-order valence-electron chi connectivity index (χ0n) is 14.3. The predicted molar refractivity (Wildman–Crippen MR) is 101 cm³/mol. The van der Waals surface area contributed by atoms with Crippen molar-refractivity contribution in [3.63, 3.8) is 0 Å². The number of methoxy groups -OCH3 is 1. The largest absolute Gasteiger partial charge is 0.497 e. The van der Waals surface area contributed by atoms with Crippen LogP contribution in [0.25, 0.3) is 16.7 Å². The van der Waals surface area contributed by atoms with Crippen molar-refractivity contribution in [2.24, 2.45) is 10.2 Å². The molecule has 0 fully saturated rings. The zero-order chi connectivity index (χ0) is 18.6. The van der Waals surface area contributed by atoms with Crippen molar-refractivity contribution >= 4 is 28.5 Å². The van der Waals surface area contributed by atoms with Crippen LogP contribution >= 0.6 is 11.6 Å². The summed E-state index contributed by atoms with van der Waals surface area (Å²) < 4.78 is 6.98. The molecule has 134 valence electrons. The average Bonchev–Trinajstić information content (AvgIpc) is 3.14. The first-order valence-electron chi connectivity index (χ1n) is 8.05. The Hall–Kier alpha value is -3.39. The third-order valence-corrected chi connectivity index (χ3v) is 4.07. The SMILES string of the molecule is COc1cccc(-n2ncc3c(N=NCc4ccc(Cl)nc4)ncnc32)c1. The topological polar surface area (TPSA) is 90.4 Å². The van der Waals surface area contributed by atoms with E-state index >= 15 is 0 Å². The second-order valence-electron chi connectivity index (χ2n) is 5.58. The average molecular weight is 380 g/mol. The van der Waals surface area contributed by atoms with Gasteiger partial charge in [0, 0.05) is 12.3 Å². The zero-order valence-corrected chi connectivity index (χ0v) is 15.1. The number of halogens is 1. The van der Waals surface area contributed by atoms with Crippen LogP contribution in [0, 0.1) is 0 Å². The summed E-state index contributed by atoms with van der Waals surface area (Å²) in [7, 11) is 1.62. The molecule has 0 aliphatic heterocycles. The molecular formula is C18H14ClN7O. The summed E-state index contributed by atoms with van der Waals surface area (Å²) in [5.74, 6) is 1.19. The van der Waals surface area contributed by atoms with Gasteiger partial charge in [-0.1, -0.05) is 23.7 Å². The van der Waals surface area contributed by atoms with Crippen LogP contribution < -0.4 is 4.74 Å². The van der Waals surface area contributed by atoms with E-state index in [1.165, 1.54) is 6.33 Å². The minimum absolute atomic E-state index is 0.375. The summed E-state index contributed by atoms with van der Waals surface area (Å²) >= 11 is 5.78. The Morgan fingerprint density at radius 2 is 2.04 bits per heavy atom. The van der Waals surface area contributed by atoms with E-state index < -0.39 is 0 Å². The Morgan fingerprint density at radius 3 is 2.85 bits per heavy atom. The van der Waals surface area contributed by atoms with E-state index in [2.05, 4.69) is 30.3 Å². The highest BCUT2D eigenvalue weighted by Gasteiger charge is 2.11. The highest BCUT2D eigenvalue weighted by molar-refractivity contribution is 6.29. The number of azo groups is 1. The molecule has 3 aromatic heterocycles. The van der Waals surface area contributed by atoms with Crippen LogP contribution in [-0.2, 0) is 6.54 Å². The van der Waals surface area contributed by atoms with E-state index in [1.807, 2.05) is 30.3 Å². The fraction of sp³-hybridized carbons (Fsp3) is 0.111. The predicted octanol–water partition coefficient (Wildman–Crippen LogP) is 4.16. The van der Waals surface area contributed by atoms with Gasteiger partial charge in [0.15, 0.2) is 11.5 Å². The molecular weight excluding hydrogens is 366 g/mol. The van der Waals surface area contributed by atoms with E-state index in [-0.39, 0.29) is 0 Å². The molecule has 0 amide bonds. The first kappa shape index (κ1) is 17.0. The smallest absolute Gasteiger partial charge is 0.188 e. The van der Waals surface area contributed by atoms with Gasteiger partial charge >= 0.3 is 0 Å². The lowest BCUT2D eigenvalue weighted by Gasteiger charge is -2.05. The monoisotopic (exact) mass is 379 g/mol. The summed E-state index contributed by atoms with van der Waals surface area (Å²) in [6.45, 7) is 0.375. The number of pyridine rings is 1. The van der Waals surface area contributed by atoms with Crippen molar-refractivity contribution in [1.29, 1.82) is 0 Å². The molecule has 0 N–H and O–H groups in total. The van der Waals surface area contributed by atoms with Crippen molar-refractivity contribution in [1.82, 2.24) is 24.7 Å². The third-order valence-electron chi connectivity index (χ3n) is 3.85. The molecule has 0 saturated heterocycles. The minimum atomic E-state index is 0.375. The van der Waals surface area contributed by atoms with Gasteiger partial charge in [-0.15, -0.1) is 5.11 Å². The maximum Gasteiger partial charge on any atom is 0.188 e. The van der Waals surface area contributed by atoms with E-state index in [0.717, 1.165) is 17.0 Å². The van der Waals surface area contributed by atoms with Crippen LogP contribution in [-0.4, -0.2) is 31.8 Å². The summed E-state index contributed by atoms with van der Waals surface area (Å²) in [5.41, 5.74) is 2.37. The molecule has 9 heteroatoms. The molecule has 8 nitrogen and oxygen atoms in total. The van der Waals surface area contributed by atoms with Crippen LogP contribution in [0.3, 0.4) is 0 Å². The van der Waals surface area contributed by atoms with Crippen molar-refractivity contribution in [2.75, 3.05) is 7.11 Å². The lowest BCUT2D eigenvalue weighted by molar-refractivity contribution is 0.414. The Kier molecular flexibility index (Phi) is 4.71. The molecule has 0 saturated carbocycles. The molecule has 0 radical (unpaired) electrons. The molecule has 3 heterocycles. The molecule has 0 aliphatic rings. The van der Waals surface area contributed by atoms with Gasteiger partial charge in [-0.3, -0.25) is 0 Å². The molecule has 0 aliphatic carbocycles. The number of benzene rings is 1. The summed E-state index contributed by atoms with van der Waals surface area (Å²) in [6, 6.07) is 11.1. The van der Waals surface area contributed by atoms with Crippen LogP contribution in [0.1, 0.15) is 5.56 Å². The van der Waals surface area contributed by atoms with Crippen molar-refractivity contribution < 1.29 is 4.74 Å². The number of aromatic nitrogens is 5. The van der Waals surface area contributed by atoms with Crippen LogP contribution in [0.2, 0.25) is 5.15 Å². The van der Waals surface area contributed by atoms with Crippen molar-refractivity contribution in [3.05, 3.63) is 65.8 Å². The Balaban J connectivity index is 1.64. The van der Waals surface area contributed by atoms with Gasteiger partial charge in [0.2, 0.25) is 0 Å². The third kappa shape index (κ3) is 3.61. The molecule has 0 bridgehead atoms. The number of rotatable bonds is 5. The van der Waals surface area contributed by atoms with Crippen LogP contribution in [0.4, 0.5) is 5.82 Å². The summed E-state index contributed by atoms with van der Waals surface area (Å²) in [6.07, 6.45) is 4.78. The molecule has 4 aromatic rings. The molecule has 1 aromatic carbocycles. The molecule has 4 rings (SSSR count). The van der Waals surface area contributed by atoms with Crippen molar-refractivity contribution in [2.45, 2.75) is 6.54 Å². The lowest BCUT2D eigenvalue weighted by atomic mass is 10.3. The number of fused-ring (bicyclic) bond motifs is 1. The second-order valence-corrected chi connectivity index (χ2v) is 5.97. The second kappa shape index (κ2) is 7.46. The van der Waals surface area contributed by atoms with Gasteiger partial charge in [-0.05, 0) is 23.8 Å². The minimum Gasteiger partial charge on any atom is -0.497 e. The van der Waals surface area contributed by atoms with Crippen LogP contribution in [0.5, 0.6) is 5.75 Å². The van der Waals surface area contributed by atoms with Gasteiger partial charge in [-0.25, -0.2) is 19.6 Å². The molecule has 27 heavy (non-hydrogen) atoms. The lowest BCUT2D eigenvalue weighted by Crippen LogP contribution is -1.98. The Labute approximate surface area is 159 Å². The van der Waals surface area contributed by atoms with Gasteiger partial charge in [0.25, 0.3) is 0 Å². The van der Waals surface area contributed by atoms with E-state index in [4.69, 9.17) is 16.3 Å². The first-order chi connectivity index (χ1) is 13.2. The van der Waals surface area contributed by atoms with E-state index in [1.54, 1.807) is 30.3 Å². The Bertz CT molecular complexity index is 1110. The van der Waals surface area contributed by atoms with Crippen molar-refractivity contribution in [3.8, 4) is 11.4 Å². The number of nitrogens with zero attached hydrogens (tertiary/aromatic N) is 7. The highest BCUT2D eigenvalue weighted by Crippen LogP contribution is 2.25. The standard InChI is InChI=1S/C18H14ClN7O/c1-27-14-4-2-3-13(7-14)26-18-15(10-24-26)17(21-11-22-18)25-23-9-12-5-6-16(19)20-8-12/h2-8,10-11H,9H2,1H3. The van der Waals surface area contributed by atoms with Gasteiger partial charge in [-0.2, -0.15) is 10.2 Å². The van der Waals surface area contributed by atoms with E-state index in [9.17, 15) is 0 Å². The highest BCUT2D eigenvalue weighted by atomic mass is 35.5. The fourth-order valence-corrected chi connectivity index (χ4v) is 2.64. The quantitative estimate of drug-likeness (QED) is 0.383. The summed E-state index contributed by atoms with van der Waals surface area (Å²) in [5, 5.41) is 14.0. The molecule has 0 spiro atoms. The van der Waals surface area contributed by atoms with Gasteiger partial charge < -0.3 is 4.74 Å². The van der Waals surface area contributed by atoms with Gasteiger partial charge in [0.05, 0.1) is 30.9 Å². The number of ether oxygens (including phenoxy) is 1. The number of hydrogen-bond acceptors (Lipinski definition) is 7. The Morgan fingerprint density at radius 1 is 1.11 bits per heavy atom. The van der Waals surface area contributed by atoms with E-state index in [0.29, 0.717) is 28.5 Å².